The summed E-state index contributed by atoms with van der Waals surface area (Å²) in [6.07, 6.45) is 6.30. The standard InChI is InChI=1S/C15H30N2O2/c1-3-10-17(13-14-7-5-6-9-16-14)15(18)8-12-19-11-4-2/h14,16H,3-13H2,1-2H3. The maximum atomic E-state index is 12.2. The van der Waals surface area contributed by atoms with E-state index in [0.29, 0.717) is 19.1 Å². The number of carbonyl (C=O) groups excluding carboxylic acids is 1. The molecule has 19 heavy (non-hydrogen) atoms. The number of nitrogens with one attached hydrogen (secondary N) is 1. The molecule has 1 amide bonds. The van der Waals surface area contributed by atoms with Crippen molar-refractivity contribution in [2.24, 2.45) is 0 Å². The molecule has 4 heteroatoms. The number of rotatable bonds is 9. The van der Waals surface area contributed by atoms with Crippen molar-refractivity contribution >= 4 is 5.91 Å². The van der Waals surface area contributed by atoms with Crippen molar-refractivity contribution in [3.63, 3.8) is 0 Å². The molecule has 0 aromatic rings. The molecule has 0 spiro atoms. The van der Waals surface area contributed by atoms with Crippen LogP contribution in [0, 0.1) is 0 Å². The Morgan fingerprint density at radius 2 is 2.11 bits per heavy atom. The van der Waals surface area contributed by atoms with Crippen LogP contribution in [0.25, 0.3) is 0 Å². The Balaban J connectivity index is 2.30. The summed E-state index contributed by atoms with van der Waals surface area (Å²) in [6.45, 7) is 8.35. The Labute approximate surface area is 117 Å². The predicted molar refractivity (Wildman–Crippen MR) is 78.2 cm³/mol. The summed E-state index contributed by atoms with van der Waals surface area (Å²) in [4.78, 5) is 14.2. The molecule has 4 nitrogen and oxygen atoms in total. The lowest BCUT2D eigenvalue weighted by Crippen LogP contribution is -2.46. The molecular weight excluding hydrogens is 240 g/mol. The normalized spacial score (nSPS) is 19.4. The highest BCUT2D eigenvalue weighted by molar-refractivity contribution is 5.76. The van der Waals surface area contributed by atoms with Crippen molar-refractivity contribution in [3.8, 4) is 0 Å². The van der Waals surface area contributed by atoms with Gasteiger partial charge >= 0.3 is 0 Å². The summed E-state index contributed by atoms with van der Waals surface area (Å²) in [7, 11) is 0. The first kappa shape index (κ1) is 16.4. The fraction of sp³-hybridized carbons (Fsp3) is 0.933. The van der Waals surface area contributed by atoms with Gasteiger partial charge in [0.15, 0.2) is 0 Å². The maximum absolute atomic E-state index is 12.2. The molecule has 0 bridgehead atoms. The van der Waals surface area contributed by atoms with E-state index in [-0.39, 0.29) is 5.91 Å². The topological polar surface area (TPSA) is 41.6 Å². The first-order chi connectivity index (χ1) is 9.27. The average molecular weight is 270 g/mol. The first-order valence-electron chi connectivity index (χ1n) is 7.86. The highest BCUT2D eigenvalue weighted by atomic mass is 16.5. The van der Waals surface area contributed by atoms with Gasteiger partial charge < -0.3 is 15.0 Å². The van der Waals surface area contributed by atoms with E-state index in [9.17, 15) is 4.79 Å². The minimum Gasteiger partial charge on any atom is -0.381 e. The quantitative estimate of drug-likeness (QED) is 0.653. The zero-order valence-electron chi connectivity index (χ0n) is 12.6. The van der Waals surface area contributed by atoms with E-state index in [2.05, 4.69) is 19.2 Å². The molecule has 112 valence electrons. The molecule has 1 saturated heterocycles. The largest absolute Gasteiger partial charge is 0.381 e. The second-order valence-electron chi connectivity index (χ2n) is 5.35. The van der Waals surface area contributed by atoms with Gasteiger partial charge in [-0.15, -0.1) is 0 Å². The van der Waals surface area contributed by atoms with Crippen LogP contribution in [-0.4, -0.2) is 49.7 Å². The number of hydrogen-bond donors (Lipinski definition) is 1. The summed E-state index contributed by atoms with van der Waals surface area (Å²) < 4.78 is 5.41. The Kier molecular flexibility index (Phi) is 8.84. The number of carbonyl (C=O) groups is 1. The molecule has 1 heterocycles. The van der Waals surface area contributed by atoms with Crippen LogP contribution in [0.4, 0.5) is 0 Å². The van der Waals surface area contributed by atoms with E-state index in [1.165, 1.54) is 19.3 Å². The minimum atomic E-state index is 0.241. The minimum absolute atomic E-state index is 0.241. The van der Waals surface area contributed by atoms with Crippen LogP contribution in [0.15, 0.2) is 0 Å². The Morgan fingerprint density at radius 3 is 2.74 bits per heavy atom. The molecule has 1 fully saturated rings. The lowest BCUT2D eigenvalue weighted by atomic mass is 10.0. The Hall–Kier alpha value is -0.610. The van der Waals surface area contributed by atoms with Gasteiger partial charge in [-0.1, -0.05) is 20.3 Å². The van der Waals surface area contributed by atoms with Crippen molar-refractivity contribution in [2.75, 3.05) is 32.8 Å². The third-order valence-electron chi connectivity index (χ3n) is 3.51. The van der Waals surface area contributed by atoms with Gasteiger partial charge in [0, 0.05) is 25.7 Å². The number of ether oxygens (including phenoxy) is 1. The van der Waals surface area contributed by atoms with E-state index in [4.69, 9.17) is 4.74 Å². The monoisotopic (exact) mass is 270 g/mol. The molecule has 1 aliphatic heterocycles. The molecule has 0 aromatic heterocycles. The zero-order valence-corrected chi connectivity index (χ0v) is 12.6. The van der Waals surface area contributed by atoms with E-state index >= 15 is 0 Å². The molecule has 0 aromatic carbocycles. The van der Waals surface area contributed by atoms with Crippen LogP contribution in [0.1, 0.15) is 52.4 Å². The Bertz CT molecular complexity index is 240. The van der Waals surface area contributed by atoms with Crippen LogP contribution in [0.3, 0.4) is 0 Å². The fourth-order valence-corrected chi connectivity index (χ4v) is 2.50. The molecule has 0 radical (unpaired) electrons. The van der Waals surface area contributed by atoms with Gasteiger partial charge in [-0.05, 0) is 32.2 Å². The van der Waals surface area contributed by atoms with Gasteiger partial charge in [0.05, 0.1) is 13.0 Å². The van der Waals surface area contributed by atoms with Gasteiger partial charge in [-0.3, -0.25) is 4.79 Å². The van der Waals surface area contributed by atoms with Crippen molar-refractivity contribution in [3.05, 3.63) is 0 Å². The van der Waals surface area contributed by atoms with E-state index < -0.39 is 0 Å². The van der Waals surface area contributed by atoms with Gasteiger partial charge in [0.1, 0.15) is 0 Å². The molecule has 1 unspecified atom stereocenters. The zero-order chi connectivity index (χ0) is 13.9. The number of amides is 1. The summed E-state index contributed by atoms with van der Waals surface area (Å²) in [6, 6.07) is 0.487. The summed E-state index contributed by atoms with van der Waals surface area (Å²) in [5, 5.41) is 3.51. The van der Waals surface area contributed by atoms with E-state index in [0.717, 1.165) is 39.1 Å². The van der Waals surface area contributed by atoms with Gasteiger partial charge in [-0.2, -0.15) is 0 Å². The SMILES string of the molecule is CCCOCCC(=O)N(CCC)CC1CCCCN1. The predicted octanol–water partition coefficient (Wildman–Crippen LogP) is 2.18. The third kappa shape index (κ3) is 6.92. The van der Waals surface area contributed by atoms with Crippen LogP contribution in [0.2, 0.25) is 0 Å². The summed E-state index contributed by atoms with van der Waals surface area (Å²) >= 11 is 0. The molecule has 1 atom stereocenters. The van der Waals surface area contributed by atoms with Gasteiger partial charge in [0.25, 0.3) is 0 Å². The molecule has 0 saturated carbocycles. The fourth-order valence-electron chi connectivity index (χ4n) is 2.50. The molecular formula is C15H30N2O2. The smallest absolute Gasteiger partial charge is 0.224 e. The highest BCUT2D eigenvalue weighted by Crippen LogP contribution is 2.09. The van der Waals surface area contributed by atoms with Crippen molar-refractivity contribution < 1.29 is 9.53 Å². The summed E-state index contributed by atoms with van der Waals surface area (Å²) in [5.74, 6) is 0.241. The van der Waals surface area contributed by atoms with Crippen molar-refractivity contribution in [1.82, 2.24) is 10.2 Å². The van der Waals surface area contributed by atoms with Gasteiger partial charge in [-0.25, -0.2) is 0 Å². The van der Waals surface area contributed by atoms with E-state index in [1.807, 2.05) is 4.90 Å². The van der Waals surface area contributed by atoms with Crippen LogP contribution in [0.5, 0.6) is 0 Å². The molecule has 1 rings (SSSR count). The molecule has 0 aliphatic carbocycles. The highest BCUT2D eigenvalue weighted by Gasteiger charge is 2.19. The second kappa shape index (κ2) is 10.2. The van der Waals surface area contributed by atoms with Crippen LogP contribution in [-0.2, 0) is 9.53 Å². The first-order valence-corrected chi connectivity index (χ1v) is 7.86. The lowest BCUT2D eigenvalue weighted by Gasteiger charge is -2.30. The lowest BCUT2D eigenvalue weighted by molar-refractivity contribution is -0.132. The molecule has 1 aliphatic rings. The van der Waals surface area contributed by atoms with Crippen molar-refractivity contribution in [1.29, 1.82) is 0 Å². The van der Waals surface area contributed by atoms with Crippen LogP contribution < -0.4 is 5.32 Å². The Morgan fingerprint density at radius 1 is 1.26 bits per heavy atom. The number of hydrogen-bond acceptors (Lipinski definition) is 3. The van der Waals surface area contributed by atoms with E-state index in [1.54, 1.807) is 0 Å². The second-order valence-corrected chi connectivity index (χ2v) is 5.35. The third-order valence-corrected chi connectivity index (χ3v) is 3.51. The average Bonchev–Trinajstić information content (AvgIpc) is 2.44. The van der Waals surface area contributed by atoms with Crippen LogP contribution >= 0.6 is 0 Å². The van der Waals surface area contributed by atoms with Gasteiger partial charge in [0.2, 0.25) is 5.91 Å². The van der Waals surface area contributed by atoms with Crippen molar-refractivity contribution in [2.45, 2.75) is 58.4 Å². The molecule has 1 N–H and O–H groups in total. The summed E-state index contributed by atoms with van der Waals surface area (Å²) in [5.41, 5.74) is 0. The number of nitrogens with zero attached hydrogens (tertiary/aromatic N) is 1. The number of piperidine rings is 1. The maximum Gasteiger partial charge on any atom is 0.224 e.